The predicted molar refractivity (Wildman–Crippen MR) is 69.9 cm³/mol. The van der Waals surface area contributed by atoms with Crippen LogP contribution in [0.4, 0.5) is 14.5 Å². The van der Waals surface area contributed by atoms with Gasteiger partial charge in [0, 0.05) is 11.6 Å². The SMILES string of the molecule is Cc1ccc(CNc2cc(F)ccc2F)c(Cl)c1. The molecule has 2 aromatic carbocycles. The first-order valence-corrected chi connectivity index (χ1v) is 5.88. The van der Waals surface area contributed by atoms with Gasteiger partial charge in [-0.25, -0.2) is 8.78 Å². The third kappa shape index (κ3) is 2.99. The molecule has 0 fully saturated rings. The number of anilines is 1. The van der Waals surface area contributed by atoms with Crippen LogP contribution in [0.1, 0.15) is 11.1 Å². The fourth-order valence-electron chi connectivity index (χ4n) is 1.62. The molecule has 0 bridgehead atoms. The van der Waals surface area contributed by atoms with Gasteiger partial charge in [-0.3, -0.25) is 0 Å². The molecule has 0 amide bonds. The van der Waals surface area contributed by atoms with Crippen molar-refractivity contribution in [1.82, 2.24) is 0 Å². The quantitative estimate of drug-likeness (QED) is 0.861. The molecule has 0 unspecified atom stereocenters. The molecule has 4 heteroatoms. The summed E-state index contributed by atoms with van der Waals surface area (Å²) < 4.78 is 26.3. The Morgan fingerprint density at radius 3 is 2.61 bits per heavy atom. The standard InChI is InChI=1S/C14H12ClF2N/c1-9-2-3-10(12(15)6-9)8-18-14-7-11(16)4-5-13(14)17/h2-7,18H,8H2,1H3. The number of rotatable bonds is 3. The summed E-state index contributed by atoms with van der Waals surface area (Å²) in [6.07, 6.45) is 0. The van der Waals surface area contributed by atoms with Crippen LogP contribution in [0.3, 0.4) is 0 Å². The maximum atomic E-state index is 13.4. The Balaban J connectivity index is 2.13. The summed E-state index contributed by atoms with van der Waals surface area (Å²) in [5, 5.41) is 3.44. The molecule has 0 aliphatic heterocycles. The van der Waals surface area contributed by atoms with Gasteiger partial charge in [0.1, 0.15) is 11.6 Å². The van der Waals surface area contributed by atoms with Crippen molar-refractivity contribution in [1.29, 1.82) is 0 Å². The summed E-state index contributed by atoms with van der Waals surface area (Å²) in [5.41, 5.74) is 2.03. The molecule has 0 aromatic heterocycles. The van der Waals surface area contributed by atoms with E-state index in [-0.39, 0.29) is 5.69 Å². The van der Waals surface area contributed by atoms with E-state index in [1.807, 2.05) is 25.1 Å². The van der Waals surface area contributed by atoms with Crippen LogP contribution < -0.4 is 5.32 Å². The van der Waals surface area contributed by atoms with Crippen molar-refractivity contribution < 1.29 is 8.78 Å². The van der Waals surface area contributed by atoms with Crippen LogP contribution in [0.2, 0.25) is 5.02 Å². The van der Waals surface area contributed by atoms with E-state index in [0.29, 0.717) is 11.6 Å². The molecule has 0 saturated carbocycles. The molecule has 1 nitrogen and oxygen atoms in total. The van der Waals surface area contributed by atoms with E-state index in [2.05, 4.69) is 5.32 Å². The van der Waals surface area contributed by atoms with E-state index in [4.69, 9.17) is 11.6 Å². The summed E-state index contributed by atoms with van der Waals surface area (Å²) in [7, 11) is 0. The van der Waals surface area contributed by atoms with Gasteiger partial charge in [0.25, 0.3) is 0 Å². The zero-order valence-electron chi connectivity index (χ0n) is 9.81. The highest BCUT2D eigenvalue weighted by Crippen LogP contribution is 2.21. The second kappa shape index (κ2) is 5.36. The van der Waals surface area contributed by atoms with E-state index in [1.165, 1.54) is 0 Å². The number of hydrogen-bond acceptors (Lipinski definition) is 1. The Kier molecular flexibility index (Phi) is 3.82. The second-order valence-electron chi connectivity index (χ2n) is 4.07. The van der Waals surface area contributed by atoms with E-state index < -0.39 is 11.6 Å². The lowest BCUT2D eigenvalue weighted by Gasteiger charge is -2.09. The summed E-state index contributed by atoms with van der Waals surface area (Å²) in [4.78, 5) is 0. The Hall–Kier alpha value is -1.61. The van der Waals surface area contributed by atoms with Crippen LogP contribution in [0.25, 0.3) is 0 Å². The average Bonchev–Trinajstić information content (AvgIpc) is 2.32. The van der Waals surface area contributed by atoms with E-state index in [1.54, 1.807) is 0 Å². The number of aryl methyl sites for hydroxylation is 1. The Morgan fingerprint density at radius 1 is 1.11 bits per heavy atom. The van der Waals surface area contributed by atoms with Gasteiger partial charge in [-0.2, -0.15) is 0 Å². The molecule has 0 heterocycles. The van der Waals surface area contributed by atoms with Crippen LogP contribution in [-0.4, -0.2) is 0 Å². The first-order chi connectivity index (χ1) is 8.56. The van der Waals surface area contributed by atoms with Gasteiger partial charge in [0.2, 0.25) is 0 Å². The second-order valence-corrected chi connectivity index (χ2v) is 4.48. The molecule has 0 aliphatic rings. The van der Waals surface area contributed by atoms with Crippen molar-refractivity contribution in [3.05, 3.63) is 64.2 Å². The monoisotopic (exact) mass is 267 g/mol. The zero-order valence-corrected chi connectivity index (χ0v) is 10.6. The zero-order chi connectivity index (χ0) is 13.1. The molecule has 0 saturated heterocycles. The van der Waals surface area contributed by atoms with E-state index >= 15 is 0 Å². The first kappa shape index (κ1) is 12.8. The molecular weight excluding hydrogens is 256 g/mol. The van der Waals surface area contributed by atoms with Crippen molar-refractivity contribution >= 4 is 17.3 Å². The van der Waals surface area contributed by atoms with Gasteiger partial charge in [0.05, 0.1) is 5.69 Å². The predicted octanol–water partition coefficient (Wildman–Crippen LogP) is 4.54. The molecule has 0 atom stereocenters. The van der Waals surface area contributed by atoms with Crippen molar-refractivity contribution in [3.63, 3.8) is 0 Å². The van der Waals surface area contributed by atoms with Gasteiger partial charge >= 0.3 is 0 Å². The summed E-state index contributed by atoms with van der Waals surface area (Å²) in [6.45, 7) is 2.29. The molecule has 2 aromatic rings. The van der Waals surface area contributed by atoms with Crippen molar-refractivity contribution in [2.75, 3.05) is 5.32 Å². The van der Waals surface area contributed by atoms with E-state index in [0.717, 1.165) is 29.3 Å². The third-order valence-corrected chi connectivity index (χ3v) is 2.96. The third-order valence-electron chi connectivity index (χ3n) is 2.61. The Bertz CT molecular complexity index is 570. The Morgan fingerprint density at radius 2 is 1.89 bits per heavy atom. The number of benzene rings is 2. The molecule has 2 rings (SSSR count). The average molecular weight is 268 g/mol. The van der Waals surface area contributed by atoms with Crippen molar-refractivity contribution in [2.24, 2.45) is 0 Å². The smallest absolute Gasteiger partial charge is 0.146 e. The van der Waals surface area contributed by atoms with Gasteiger partial charge in [0.15, 0.2) is 0 Å². The number of halogens is 3. The summed E-state index contributed by atoms with van der Waals surface area (Å²) in [5.74, 6) is -0.964. The molecule has 0 spiro atoms. The fraction of sp³-hybridized carbons (Fsp3) is 0.143. The minimum Gasteiger partial charge on any atom is -0.378 e. The van der Waals surface area contributed by atoms with Gasteiger partial charge < -0.3 is 5.32 Å². The lowest BCUT2D eigenvalue weighted by Crippen LogP contribution is -2.02. The fourth-order valence-corrected chi connectivity index (χ4v) is 1.92. The topological polar surface area (TPSA) is 12.0 Å². The lowest BCUT2D eigenvalue weighted by atomic mass is 10.1. The van der Waals surface area contributed by atoms with Gasteiger partial charge in [-0.1, -0.05) is 23.7 Å². The van der Waals surface area contributed by atoms with Crippen LogP contribution in [0.5, 0.6) is 0 Å². The van der Waals surface area contributed by atoms with Crippen LogP contribution in [0, 0.1) is 18.6 Å². The van der Waals surface area contributed by atoms with Gasteiger partial charge in [-0.15, -0.1) is 0 Å². The lowest BCUT2D eigenvalue weighted by molar-refractivity contribution is 0.602. The van der Waals surface area contributed by atoms with E-state index in [9.17, 15) is 8.78 Å². The molecule has 0 aliphatic carbocycles. The molecule has 1 N–H and O–H groups in total. The van der Waals surface area contributed by atoms with Crippen molar-refractivity contribution in [3.8, 4) is 0 Å². The Labute approximate surface area is 109 Å². The molecule has 94 valence electrons. The molecule has 18 heavy (non-hydrogen) atoms. The highest BCUT2D eigenvalue weighted by atomic mass is 35.5. The molecule has 0 radical (unpaired) electrons. The summed E-state index contributed by atoms with van der Waals surface area (Å²) >= 11 is 6.06. The maximum Gasteiger partial charge on any atom is 0.146 e. The highest BCUT2D eigenvalue weighted by molar-refractivity contribution is 6.31. The minimum absolute atomic E-state index is 0.131. The highest BCUT2D eigenvalue weighted by Gasteiger charge is 2.05. The van der Waals surface area contributed by atoms with Crippen LogP contribution in [0.15, 0.2) is 36.4 Å². The summed E-state index contributed by atoms with van der Waals surface area (Å²) in [6, 6.07) is 8.92. The number of nitrogens with one attached hydrogen (secondary N) is 1. The van der Waals surface area contributed by atoms with Crippen molar-refractivity contribution in [2.45, 2.75) is 13.5 Å². The largest absolute Gasteiger partial charge is 0.378 e. The van der Waals surface area contributed by atoms with Gasteiger partial charge in [-0.05, 0) is 42.3 Å². The minimum atomic E-state index is -0.486. The molecular formula is C14H12ClF2N. The number of hydrogen-bond donors (Lipinski definition) is 1. The normalized spacial score (nSPS) is 10.4. The van der Waals surface area contributed by atoms with Crippen LogP contribution >= 0.6 is 11.6 Å². The maximum absolute atomic E-state index is 13.4. The first-order valence-electron chi connectivity index (χ1n) is 5.50. The van der Waals surface area contributed by atoms with Crippen LogP contribution in [-0.2, 0) is 6.54 Å².